The summed E-state index contributed by atoms with van der Waals surface area (Å²) in [4.78, 5) is 29.3. The molecule has 0 unspecified atom stereocenters. The number of fused-ring (bicyclic) bond motifs is 4. The predicted molar refractivity (Wildman–Crippen MR) is 117 cm³/mol. The number of para-hydroxylation sites is 1. The van der Waals surface area contributed by atoms with Crippen LogP contribution in [0.25, 0.3) is 43.6 Å². The summed E-state index contributed by atoms with van der Waals surface area (Å²) in [6, 6.07) is 13.0. The lowest BCUT2D eigenvalue weighted by atomic mass is 10.00. The van der Waals surface area contributed by atoms with Crippen LogP contribution in [0.15, 0.2) is 63.0 Å². The molecular weight excluding hydrogens is 404 g/mol. The fourth-order valence-corrected chi connectivity index (χ4v) is 5.08. The Morgan fingerprint density at radius 2 is 1.60 bits per heavy atom. The van der Waals surface area contributed by atoms with Gasteiger partial charge in [-0.05, 0) is 42.8 Å². The zero-order valence-electron chi connectivity index (χ0n) is 16.1. The van der Waals surface area contributed by atoms with Gasteiger partial charge >= 0.3 is 0 Å². The van der Waals surface area contributed by atoms with Crippen LogP contribution in [0.3, 0.4) is 0 Å². The van der Waals surface area contributed by atoms with E-state index in [-0.39, 0.29) is 16.2 Å². The molecular formula is C22H16N2O5S. The Morgan fingerprint density at radius 3 is 2.33 bits per heavy atom. The van der Waals surface area contributed by atoms with Gasteiger partial charge in [-0.1, -0.05) is 18.2 Å². The van der Waals surface area contributed by atoms with Gasteiger partial charge in [0, 0.05) is 23.3 Å². The molecule has 0 aliphatic rings. The number of aromatic nitrogens is 2. The molecule has 5 aromatic rings. The van der Waals surface area contributed by atoms with E-state index in [9.17, 15) is 22.6 Å². The number of nitrogens with zero attached hydrogens (tertiary/aromatic N) is 1. The standard InChI is InChI=1S/C22H16N2O5S/c1-11-18-15(23-14-7-4-3-6-12(14)21(18)25)10-13-20(11)24(2)16-8-5-9-17(30(27,28)29)19(16)22(13)26/h3-10H,1-2H3,(H,23,25)(H,27,28,29). The fourth-order valence-electron chi connectivity index (χ4n) is 4.37. The van der Waals surface area contributed by atoms with Crippen molar-refractivity contribution in [3.8, 4) is 0 Å². The second-order valence-corrected chi connectivity index (χ2v) is 8.72. The first-order chi connectivity index (χ1) is 14.2. The lowest BCUT2D eigenvalue weighted by Crippen LogP contribution is -2.15. The Labute approximate surface area is 169 Å². The van der Waals surface area contributed by atoms with Gasteiger partial charge < -0.3 is 9.55 Å². The summed E-state index contributed by atoms with van der Waals surface area (Å²) < 4.78 is 35.1. The summed E-state index contributed by atoms with van der Waals surface area (Å²) in [6.07, 6.45) is 0. The van der Waals surface area contributed by atoms with Gasteiger partial charge in [0.25, 0.3) is 10.1 Å². The highest BCUT2D eigenvalue weighted by Gasteiger charge is 2.21. The van der Waals surface area contributed by atoms with Gasteiger partial charge in [-0.2, -0.15) is 8.42 Å². The van der Waals surface area contributed by atoms with Crippen LogP contribution in [0.1, 0.15) is 5.56 Å². The van der Waals surface area contributed by atoms with Crippen LogP contribution < -0.4 is 10.9 Å². The molecule has 150 valence electrons. The van der Waals surface area contributed by atoms with E-state index in [1.54, 1.807) is 48.9 Å². The van der Waals surface area contributed by atoms with E-state index in [0.717, 1.165) is 0 Å². The summed E-state index contributed by atoms with van der Waals surface area (Å²) in [7, 11) is -2.90. The van der Waals surface area contributed by atoms with E-state index in [1.165, 1.54) is 12.1 Å². The Hall–Kier alpha value is -3.49. The number of rotatable bonds is 1. The molecule has 2 heterocycles. The second kappa shape index (κ2) is 6.01. The average molecular weight is 420 g/mol. The van der Waals surface area contributed by atoms with E-state index < -0.39 is 20.4 Å². The van der Waals surface area contributed by atoms with E-state index in [4.69, 9.17) is 0 Å². The zero-order chi connectivity index (χ0) is 21.4. The highest BCUT2D eigenvalue weighted by atomic mass is 32.2. The van der Waals surface area contributed by atoms with Crippen molar-refractivity contribution in [2.75, 3.05) is 0 Å². The van der Waals surface area contributed by atoms with Crippen LogP contribution in [-0.4, -0.2) is 22.5 Å². The van der Waals surface area contributed by atoms with Crippen molar-refractivity contribution in [3.63, 3.8) is 0 Å². The van der Waals surface area contributed by atoms with Gasteiger partial charge in [0.05, 0.1) is 27.3 Å². The molecule has 2 N–H and O–H groups in total. The molecule has 3 aromatic carbocycles. The van der Waals surface area contributed by atoms with Crippen LogP contribution >= 0.6 is 0 Å². The van der Waals surface area contributed by atoms with Gasteiger partial charge in [0.2, 0.25) is 0 Å². The van der Waals surface area contributed by atoms with E-state index in [1.807, 2.05) is 6.07 Å². The smallest absolute Gasteiger partial charge is 0.295 e. The Morgan fingerprint density at radius 1 is 0.900 bits per heavy atom. The third kappa shape index (κ3) is 2.38. The quantitative estimate of drug-likeness (QED) is 0.320. The van der Waals surface area contributed by atoms with Crippen molar-refractivity contribution < 1.29 is 13.0 Å². The number of aromatic amines is 1. The van der Waals surface area contributed by atoms with Crippen molar-refractivity contribution in [3.05, 3.63) is 74.5 Å². The summed E-state index contributed by atoms with van der Waals surface area (Å²) in [5, 5.41) is 1.20. The minimum absolute atomic E-state index is 0.0862. The molecule has 0 aliphatic carbocycles. The predicted octanol–water partition coefficient (Wildman–Crippen LogP) is 3.24. The molecule has 30 heavy (non-hydrogen) atoms. The maximum atomic E-state index is 13.4. The van der Waals surface area contributed by atoms with Gasteiger partial charge in [0.1, 0.15) is 4.90 Å². The first-order valence-corrected chi connectivity index (χ1v) is 10.6. The molecule has 5 rings (SSSR count). The van der Waals surface area contributed by atoms with E-state index in [0.29, 0.717) is 38.4 Å². The van der Waals surface area contributed by atoms with Gasteiger partial charge in [-0.15, -0.1) is 0 Å². The molecule has 0 radical (unpaired) electrons. The molecule has 0 spiro atoms. The number of nitrogens with one attached hydrogen (secondary N) is 1. The number of hydrogen-bond donors (Lipinski definition) is 2. The molecule has 0 aliphatic heterocycles. The molecule has 7 nitrogen and oxygen atoms in total. The SMILES string of the molecule is Cc1c2c(=O)c3ccccc3[nH]c2cc2c(=O)c3c(S(=O)(=O)O)cccc3n(C)c12. The molecule has 0 bridgehead atoms. The highest BCUT2D eigenvalue weighted by Crippen LogP contribution is 2.29. The molecule has 0 amide bonds. The van der Waals surface area contributed by atoms with Crippen molar-refractivity contribution in [1.82, 2.24) is 9.55 Å². The number of hydrogen-bond acceptors (Lipinski definition) is 4. The normalized spacial score (nSPS) is 12.4. The molecule has 0 fully saturated rings. The van der Waals surface area contributed by atoms with Crippen LogP contribution in [0.2, 0.25) is 0 Å². The molecule has 8 heteroatoms. The molecule has 2 aromatic heterocycles. The second-order valence-electron chi connectivity index (χ2n) is 7.33. The third-order valence-corrected chi connectivity index (χ3v) is 6.56. The topological polar surface area (TPSA) is 109 Å². The number of benzene rings is 3. The first kappa shape index (κ1) is 18.5. The summed E-state index contributed by atoms with van der Waals surface area (Å²) in [6.45, 7) is 1.77. The van der Waals surface area contributed by atoms with Crippen LogP contribution in [0.5, 0.6) is 0 Å². The Kier molecular flexibility index (Phi) is 3.71. The Bertz CT molecular complexity index is 1780. The highest BCUT2D eigenvalue weighted by molar-refractivity contribution is 7.86. The minimum atomic E-state index is -4.60. The number of H-pyrrole nitrogens is 1. The van der Waals surface area contributed by atoms with Crippen molar-refractivity contribution in [2.24, 2.45) is 7.05 Å². The van der Waals surface area contributed by atoms with Crippen LogP contribution in [-0.2, 0) is 17.2 Å². The lowest BCUT2D eigenvalue weighted by molar-refractivity contribution is 0.484. The largest absolute Gasteiger partial charge is 0.354 e. The summed E-state index contributed by atoms with van der Waals surface area (Å²) in [5.74, 6) is 0. The van der Waals surface area contributed by atoms with E-state index in [2.05, 4.69) is 4.98 Å². The number of pyridine rings is 2. The minimum Gasteiger partial charge on any atom is -0.354 e. The Balaban J connectivity index is 2.12. The first-order valence-electron chi connectivity index (χ1n) is 9.17. The maximum Gasteiger partial charge on any atom is 0.295 e. The van der Waals surface area contributed by atoms with Crippen LogP contribution in [0.4, 0.5) is 0 Å². The fraction of sp³-hybridized carbons (Fsp3) is 0.0909. The van der Waals surface area contributed by atoms with Gasteiger partial charge in [-0.3, -0.25) is 14.1 Å². The molecule has 0 saturated carbocycles. The summed E-state index contributed by atoms with van der Waals surface area (Å²) in [5.41, 5.74) is 1.97. The number of aryl methyl sites for hydroxylation is 2. The average Bonchev–Trinajstić information content (AvgIpc) is 2.70. The third-order valence-electron chi connectivity index (χ3n) is 5.66. The maximum absolute atomic E-state index is 13.4. The van der Waals surface area contributed by atoms with Gasteiger partial charge in [-0.25, -0.2) is 0 Å². The molecule has 0 saturated heterocycles. The lowest BCUT2D eigenvalue weighted by Gasteiger charge is -2.16. The van der Waals surface area contributed by atoms with Gasteiger partial charge in [0.15, 0.2) is 10.9 Å². The monoisotopic (exact) mass is 420 g/mol. The molecule has 0 atom stereocenters. The van der Waals surface area contributed by atoms with E-state index >= 15 is 0 Å². The summed E-state index contributed by atoms with van der Waals surface area (Å²) >= 11 is 0. The van der Waals surface area contributed by atoms with Crippen molar-refractivity contribution >= 4 is 53.7 Å². The zero-order valence-corrected chi connectivity index (χ0v) is 16.9. The van der Waals surface area contributed by atoms with Crippen molar-refractivity contribution in [2.45, 2.75) is 11.8 Å². The van der Waals surface area contributed by atoms with Crippen LogP contribution in [0, 0.1) is 6.92 Å². The van der Waals surface area contributed by atoms with Crippen molar-refractivity contribution in [1.29, 1.82) is 0 Å².